The number of unbranched alkanes of at least 4 members (excludes halogenated alkanes) is 1. The molecule has 4 heteroatoms. The SMILES string of the molecule is CN=C(NCCCCOCCc1ccccc1)N(C)Cc1ccccc1. The number of guanidine groups is 1. The van der Waals surface area contributed by atoms with Crippen LogP contribution in [0.25, 0.3) is 0 Å². The zero-order chi connectivity index (χ0) is 18.5. The highest BCUT2D eigenvalue weighted by atomic mass is 16.5. The van der Waals surface area contributed by atoms with Crippen LogP contribution in [0.5, 0.6) is 0 Å². The molecular weight excluding hydrogens is 322 g/mol. The highest BCUT2D eigenvalue weighted by Gasteiger charge is 2.05. The third-order valence-corrected chi connectivity index (χ3v) is 4.21. The maximum atomic E-state index is 5.73. The van der Waals surface area contributed by atoms with Crippen LogP contribution in [0.1, 0.15) is 24.0 Å². The van der Waals surface area contributed by atoms with Crippen LogP contribution in [0.2, 0.25) is 0 Å². The molecular formula is C22H31N3O. The number of nitrogens with zero attached hydrogens (tertiary/aromatic N) is 2. The van der Waals surface area contributed by atoms with E-state index in [9.17, 15) is 0 Å². The molecule has 0 saturated carbocycles. The number of rotatable bonds is 10. The monoisotopic (exact) mass is 353 g/mol. The van der Waals surface area contributed by atoms with Crippen molar-refractivity contribution in [3.63, 3.8) is 0 Å². The molecule has 0 aliphatic rings. The van der Waals surface area contributed by atoms with E-state index in [1.165, 1.54) is 11.1 Å². The molecule has 0 bridgehead atoms. The van der Waals surface area contributed by atoms with E-state index >= 15 is 0 Å². The first kappa shape index (κ1) is 20.0. The molecule has 0 aliphatic heterocycles. The molecule has 0 aliphatic carbocycles. The van der Waals surface area contributed by atoms with E-state index in [4.69, 9.17) is 4.74 Å². The van der Waals surface area contributed by atoms with Gasteiger partial charge >= 0.3 is 0 Å². The Bertz CT molecular complexity index is 628. The summed E-state index contributed by atoms with van der Waals surface area (Å²) in [5.41, 5.74) is 2.61. The second kappa shape index (κ2) is 12.1. The van der Waals surface area contributed by atoms with Crippen LogP contribution in [0.15, 0.2) is 65.7 Å². The molecule has 0 unspecified atom stereocenters. The second-order valence-corrected chi connectivity index (χ2v) is 6.37. The van der Waals surface area contributed by atoms with E-state index in [2.05, 4.69) is 70.8 Å². The smallest absolute Gasteiger partial charge is 0.193 e. The van der Waals surface area contributed by atoms with Crippen molar-refractivity contribution in [3.05, 3.63) is 71.8 Å². The fourth-order valence-electron chi connectivity index (χ4n) is 2.78. The molecule has 0 atom stereocenters. The summed E-state index contributed by atoms with van der Waals surface area (Å²) in [5.74, 6) is 0.929. The van der Waals surface area contributed by atoms with Crippen molar-refractivity contribution in [1.29, 1.82) is 0 Å². The Labute approximate surface area is 157 Å². The Morgan fingerprint density at radius 3 is 2.23 bits per heavy atom. The average Bonchev–Trinajstić information content (AvgIpc) is 2.68. The summed E-state index contributed by atoms with van der Waals surface area (Å²) in [6.07, 6.45) is 3.11. The van der Waals surface area contributed by atoms with Gasteiger partial charge in [0.1, 0.15) is 0 Å². The molecule has 2 aromatic rings. The minimum Gasteiger partial charge on any atom is -0.381 e. The van der Waals surface area contributed by atoms with E-state index in [-0.39, 0.29) is 0 Å². The summed E-state index contributed by atoms with van der Waals surface area (Å²) in [7, 11) is 3.89. The van der Waals surface area contributed by atoms with Gasteiger partial charge in [-0.1, -0.05) is 60.7 Å². The van der Waals surface area contributed by atoms with Crippen LogP contribution in [-0.4, -0.2) is 44.7 Å². The minimum atomic E-state index is 0.791. The standard InChI is InChI=1S/C22H31N3O/c1-23-22(25(2)19-21-13-7-4-8-14-21)24-16-9-10-17-26-18-15-20-11-5-3-6-12-20/h3-8,11-14H,9-10,15-19H2,1-2H3,(H,23,24). The number of benzene rings is 2. The lowest BCUT2D eigenvalue weighted by atomic mass is 10.2. The van der Waals surface area contributed by atoms with Crippen LogP contribution < -0.4 is 5.32 Å². The first-order valence-corrected chi connectivity index (χ1v) is 9.37. The van der Waals surface area contributed by atoms with E-state index in [1.807, 2.05) is 19.2 Å². The first-order chi connectivity index (χ1) is 12.8. The molecule has 0 heterocycles. The third-order valence-electron chi connectivity index (χ3n) is 4.21. The Morgan fingerprint density at radius 1 is 0.923 bits per heavy atom. The van der Waals surface area contributed by atoms with E-state index < -0.39 is 0 Å². The van der Waals surface area contributed by atoms with Gasteiger partial charge in [-0.25, -0.2) is 0 Å². The molecule has 140 valence electrons. The van der Waals surface area contributed by atoms with Crippen LogP contribution in [-0.2, 0) is 17.7 Å². The predicted octanol–water partition coefficient (Wildman–Crippen LogP) is 3.73. The number of ether oxygens (including phenoxy) is 1. The first-order valence-electron chi connectivity index (χ1n) is 9.37. The Hall–Kier alpha value is -2.33. The van der Waals surface area contributed by atoms with Crippen LogP contribution in [0, 0.1) is 0 Å². The van der Waals surface area contributed by atoms with Crippen molar-refractivity contribution in [2.24, 2.45) is 4.99 Å². The fraction of sp³-hybridized carbons (Fsp3) is 0.409. The normalized spacial score (nSPS) is 11.4. The molecule has 0 amide bonds. The molecule has 0 spiro atoms. The largest absolute Gasteiger partial charge is 0.381 e. The lowest BCUT2D eigenvalue weighted by Gasteiger charge is -2.22. The average molecular weight is 354 g/mol. The topological polar surface area (TPSA) is 36.9 Å². The predicted molar refractivity (Wildman–Crippen MR) is 109 cm³/mol. The zero-order valence-electron chi connectivity index (χ0n) is 16.0. The van der Waals surface area contributed by atoms with Gasteiger partial charge in [-0.3, -0.25) is 4.99 Å². The van der Waals surface area contributed by atoms with Gasteiger partial charge < -0.3 is 15.0 Å². The fourth-order valence-corrected chi connectivity index (χ4v) is 2.78. The molecule has 2 aromatic carbocycles. The van der Waals surface area contributed by atoms with Gasteiger partial charge in [0.15, 0.2) is 5.96 Å². The molecule has 0 radical (unpaired) electrons. The molecule has 0 saturated heterocycles. The Morgan fingerprint density at radius 2 is 1.58 bits per heavy atom. The summed E-state index contributed by atoms with van der Waals surface area (Å²) in [6, 6.07) is 20.9. The van der Waals surface area contributed by atoms with Gasteiger partial charge in [0.05, 0.1) is 6.61 Å². The van der Waals surface area contributed by atoms with Gasteiger partial charge in [-0.15, -0.1) is 0 Å². The van der Waals surface area contributed by atoms with E-state index in [0.29, 0.717) is 0 Å². The maximum Gasteiger partial charge on any atom is 0.193 e. The number of nitrogens with one attached hydrogen (secondary N) is 1. The molecule has 26 heavy (non-hydrogen) atoms. The van der Waals surface area contributed by atoms with Crippen molar-refractivity contribution >= 4 is 5.96 Å². The highest BCUT2D eigenvalue weighted by Crippen LogP contribution is 2.03. The molecule has 0 fully saturated rings. The summed E-state index contributed by atoms with van der Waals surface area (Å²) < 4.78 is 5.73. The maximum absolute atomic E-state index is 5.73. The van der Waals surface area contributed by atoms with Crippen molar-refractivity contribution in [1.82, 2.24) is 10.2 Å². The van der Waals surface area contributed by atoms with Crippen LogP contribution in [0.4, 0.5) is 0 Å². The van der Waals surface area contributed by atoms with Crippen LogP contribution >= 0.6 is 0 Å². The molecule has 1 N–H and O–H groups in total. The van der Waals surface area contributed by atoms with Gasteiger partial charge in [0.2, 0.25) is 0 Å². The van der Waals surface area contributed by atoms with Crippen molar-refractivity contribution in [2.75, 3.05) is 33.9 Å². The van der Waals surface area contributed by atoms with Crippen molar-refractivity contribution in [2.45, 2.75) is 25.8 Å². The van der Waals surface area contributed by atoms with E-state index in [1.54, 1.807) is 0 Å². The number of hydrogen-bond acceptors (Lipinski definition) is 2. The zero-order valence-corrected chi connectivity index (χ0v) is 16.0. The van der Waals surface area contributed by atoms with Gasteiger partial charge in [-0.05, 0) is 30.4 Å². The van der Waals surface area contributed by atoms with Gasteiger partial charge in [-0.2, -0.15) is 0 Å². The Kier molecular flexibility index (Phi) is 9.30. The lowest BCUT2D eigenvalue weighted by Crippen LogP contribution is -2.38. The molecule has 4 nitrogen and oxygen atoms in total. The van der Waals surface area contributed by atoms with Gasteiger partial charge in [0.25, 0.3) is 0 Å². The van der Waals surface area contributed by atoms with Gasteiger partial charge in [0, 0.05) is 33.8 Å². The second-order valence-electron chi connectivity index (χ2n) is 6.37. The number of hydrogen-bond donors (Lipinski definition) is 1. The van der Waals surface area contributed by atoms with Crippen LogP contribution in [0.3, 0.4) is 0 Å². The quantitative estimate of drug-likeness (QED) is 0.402. The molecule has 0 aromatic heterocycles. The lowest BCUT2D eigenvalue weighted by molar-refractivity contribution is 0.133. The summed E-state index contributed by atoms with van der Waals surface area (Å²) >= 11 is 0. The highest BCUT2D eigenvalue weighted by molar-refractivity contribution is 5.79. The summed E-state index contributed by atoms with van der Waals surface area (Å²) in [4.78, 5) is 6.51. The third kappa shape index (κ3) is 7.70. The van der Waals surface area contributed by atoms with E-state index in [0.717, 1.165) is 51.5 Å². The molecule has 2 rings (SSSR count). The Balaban J connectivity index is 1.53. The van der Waals surface area contributed by atoms with Crippen molar-refractivity contribution < 1.29 is 4.74 Å². The number of aliphatic imine (C=N–C) groups is 1. The summed E-state index contributed by atoms with van der Waals surface area (Å²) in [5, 5.41) is 3.43. The van der Waals surface area contributed by atoms with Crippen molar-refractivity contribution in [3.8, 4) is 0 Å². The summed E-state index contributed by atoms with van der Waals surface area (Å²) in [6.45, 7) is 3.36. The minimum absolute atomic E-state index is 0.791.